The zero-order valence-corrected chi connectivity index (χ0v) is 8.49. The van der Waals surface area contributed by atoms with Crippen molar-refractivity contribution in [1.29, 1.82) is 0 Å². The van der Waals surface area contributed by atoms with Crippen molar-refractivity contribution in [2.75, 3.05) is 13.2 Å². The molecule has 1 aromatic rings. The Morgan fingerprint density at radius 2 is 1.77 bits per heavy atom. The molecule has 0 aliphatic rings. The van der Waals surface area contributed by atoms with Crippen molar-refractivity contribution in [3.8, 4) is 0 Å². The van der Waals surface area contributed by atoms with Crippen LogP contribution in [0.2, 0.25) is 0 Å². The quantitative estimate of drug-likeness (QED) is 0.723. The minimum atomic E-state index is 0.590. The first-order valence-electron chi connectivity index (χ1n) is 4.75. The van der Waals surface area contributed by atoms with E-state index in [0.717, 1.165) is 0 Å². The second-order valence-corrected chi connectivity index (χ2v) is 2.33. The second kappa shape index (κ2) is 9.23. The SMILES string of the molecule is CC.NCCOCc1ccccc1. The summed E-state index contributed by atoms with van der Waals surface area (Å²) in [6.07, 6.45) is 0. The van der Waals surface area contributed by atoms with Crippen molar-refractivity contribution in [1.82, 2.24) is 0 Å². The molecule has 0 bridgehead atoms. The molecular weight excluding hydrogens is 162 g/mol. The molecule has 0 amide bonds. The third-order valence-electron chi connectivity index (χ3n) is 1.37. The highest BCUT2D eigenvalue weighted by molar-refractivity contribution is 5.13. The monoisotopic (exact) mass is 181 g/mol. The van der Waals surface area contributed by atoms with Crippen molar-refractivity contribution < 1.29 is 4.74 Å². The Morgan fingerprint density at radius 3 is 2.31 bits per heavy atom. The van der Waals surface area contributed by atoms with E-state index in [0.29, 0.717) is 19.8 Å². The van der Waals surface area contributed by atoms with Crippen LogP contribution in [0.1, 0.15) is 19.4 Å². The molecule has 1 aromatic carbocycles. The van der Waals surface area contributed by atoms with E-state index in [1.807, 2.05) is 44.2 Å². The topological polar surface area (TPSA) is 35.2 Å². The molecule has 0 spiro atoms. The van der Waals surface area contributed by atoms with Crippen LogP contribution >= 0.6 is 0 Å². The molecular formula is C11H19NO. The lowest BCUT2D eigenvalue weighted by Gasteiger charge is -2.00. The molecule has 0 saturated heterocycles. The average molecular weight is 181 g/mol. The Balaban J connectivity index is 0.000000671. The summed E-state index contributed by atoms with van der Waals surface area (Å²) in [4.78, 5) is 0. The van der Waals surface area contributed by atoms with Gasteiger partial charge in [0.25, 0.3) is 0 Å². The number of rotatable bonds is 4. The van der Waals surface area contributed by atoms with Gasteiger partial charge in [0.1, 0.15) is 0 Å². The molecule has 0 saturated carbocycles. The highest BCUT2D eigenvalue weighted by Gasteiger charge is 1.88. The molecule has 2 nitrogen and oxygen atoms in total. The van der Waals surface area contributed by atoms with E-state index in [9.17, 15) is 0 Å². The lowest BCUT2D eigenvalue weighted by Crippen LogP contribution is -2.07. The first kappa shape index (κ1) is 12.1. The van der Waals surface area contributed by atoms with Gasteiger partial charge in [-0.2, -0.15) is 0 Å². The number of nitrogens with two attached hydrogens (primary N) is 1. The van der Waals surface area contributed by atoms with E-state index in [-0.39, 0.29) is 0 Å². The Hall–Kier alpha value is -0.860. The summed E-state index contributed by atoms with van der Waals surface area (Å²) < 4.78 is 5.24. The zero-order valence-electron chi connectivity index (χ0n) is 8.49. The van der Waals surface area contributed by atoms with Crippen LogP contribution < -0.4 is 5.73 Å². The molecule has 13 heavy (non-hydrogen) atoms. The standard InChI is InChI=1S/C9H13NO.C2H6/c10-6-7-11-8-9-4-2-1-3-5-9;1-2/h1-5H,6-8,10H2;1-2H3. The van der Waals surface area contributed by atoms with Crippen molar-refractivity contribution >= 4 is 0 Å². The van der Waals surface area contributed by atoms with Crippen LogP contribution in [-0.2, 0) is 11.3 Å². The van der Waals surface area contributed by atoms with Crippen LogP contribution in [0.5, 0.6) is 0 Å². The van der Waals surface area contributed by atoms with E-state index >= 15 is 0 Å². The third-order valence-corrected chi connectivity index (χ3v) is 1.37. The molecule has 2 N–H and O–H groups in total. The predicted octanol–water partition coefficient (Wildman–Crippen LogP) is 2.19. The molecule has 74 valence electrons. The molecule has 1 rings (SSSR count). The third kappa shape index (κ3) is 6.31. The van der Waals surface area contributed by atoms with Gasteiger partial charge >= 0.3 is 0 Å². The predicted molar refractivity (Wildman–Crippen MR) is 56.5 cm³/mol. The van der Waals surface area contributed by atoms with Crippen molar-refractivity contribution in [2.45, 2.75) is 20.5 Å². The Kier molecular flexibility index (Phi) is 8.62. The van der Waals surface area contributed by atoms with Crippen LogP contribution in [0.15, 0.2) is 30.3 Å². The van der Waals surface area contributed by atoms with E-state index < -0.39 is 0 Å². The first-order chi connectivity index (χ1) is 6.43. The highest BCUT2D eigenvalue weighted by atomic mass is 16.5. The fourth-order valence-electron chi connectivity index (χ4n) is 0.848. The highest BCUT2D eigenvalue weighted by Crippen LogP contribution is 1.99. The first-order valence-corrected chi connectivity index (χ1v) is 4.75. The van der Waals surface area contributed by atoms with E-state index in [4.69, 9.17) is 10.5 Å². The summed E-state index contributed by atoms with van der Waals surface area (Å²) in [7, 11) is 0. The van der Waals surface area contributed by atoms with Gasteiger partial charge in [0.2, 0.25) is 0 Å². The van der Waals surface area contributed by atoms with Gasteiger partial charge in [-0.3, -0.25) is 0 Å². The van der Waals surface area contributed by atoms with Crippen molar-refractivity contribution in [3.63, 3.8) is 0 Å². The number of benzene rings is 1. The van der Waals surface area contributed by atoms with Gasteiger partial charge in [0.15, 0.2) is 0 Å². The molecule has 0 heterocycles. The molecule has 0 atom stereocenters. The van der Waals surface area contributed by atoms with Crippen LogP contribution in [0, 0.1) is 0 Å². The lowest BCUT2D eigenvalue weighted by atomic mass is 10.2. The fraction of sp³-hybridized carbons (Fsp3) is 0.455. The van der Waals surface area contributed by atoms with Gasteiger partial charge in [-0.15, -0.1) is 0 Å². The molecule has 0 radical (unpaired) electrons. The summed E-state index contributed by atoms with van der Waals surface area (Å²) in [5.74, 6) is 0. The molecule has 0 unspecified atom stereocenters. The van der Waals surface area contributed by atoms with Gasteiger partial charge in [-0.1, -0.05) is 44.2 Å². The lowest BCUT2D eigenvalue weighted by molar-refractivity contribution is 0.128. The van der Waals surface area contributed by atoms with E-state index in [2.05, 4.69) is 0 Å². The summed E-state index contributed by atoms with van der Waals surface area (Å²) in [6, 6.07) is 10.1. The van der Waals surface area contributed by atoms with Crippen molar-refractivity contribution in [3.05, 3.63) is 35.9 Å². The molecule has 2 heteroatoms. The van der Waals surface area contributed by atoms with Gasteiger partial charge in [-0.05, 0) is 5.56 Å². The smallest absolute Gasteiger partial charge is 0.0717 e. The van der Waals surface area contributed by atoms with Gasteiger partial charge in [0.05, 0.1) is 13.2 Å². The minimum Gasteiger partial charge on any atom is -0.375 e. The van der Waals surface area contributed by atoms with Gasteiger partial charge < -0.3 is 10.5 Å². The van der Waals surface area contributed by atoms with Gasteiger partial charge in [-0.25, -0.2) is 0 Å². The molecule has 0 fully saturated rings. The number of hydrogen-bond donors (Lipinski definition) is 1. The fourth-order valence-corrected chi connectivity index (χ4v) is 0.848. The second-order valence-electron chi connectivity index (χ2n) is 2.33. The van der Waals surface area contributed by atoms with Gasteiger partial charge in [0, 0.05) is 6.54 Å². The maximum absolute atomic E-state index is 5.27. The summed E-state index contributed by atoms with van der Waals surface area (Å²) in [5.41, 5.74) is 6.46. The normalized spacial score (nSPS) is 8.85. The van der Waals surface area contributed by atoms with Crippen LogP contribution in [0.4, 0.5) is 0 Å². The summed E-state index contributed by atoms with van der Waals surface area (Å²) in [5, 5.41) is 0. The molecule has 0 aromatic heterocycles. The maximum Gasteiger partial charge on any atom is 0.0717 e. The molecule has 0 aliphatic carbocycles. The summed E-state index contributed by atoms with van der Waals surface area (Å²) in [6.45, 7) is 5.89. The maximum atomic E-state index is 5.27. The summed E-state index contributed by atoms with van der Waals surface area (Å²) >= 11 is 0. The van der Waals surface area contributed by atoms with Crippen LogP contribution in [-0.4, -0.2) is 13.2 Å². The van der Waals surface area contributed by atoms with E-state index in [1.165, 1.54) is 5.56 Å². The molecule has 0 aliphatic heterocycles. The Bertz CT molecular complexity index is 187. The number of hydrogen-bond acceptors (Lipinski definition) is 2. The number of ether oxygens (including phenoxy) is 1. The average Bonchev–Trinajstić information content (AvgIpc) is 2.23. The van der Waals surface area contributed by atoms with Crippen LogP contribution in [0.25, 0.3) is 0 Å². The van der Waals surface area contributed by atoms with Crippen molar-refractivity contribution in [2.24, 2.45) is 5.73 Å². The zero-order chi connectivity index (χ0) is 9.94. The Morgan fingerprint density at radius 1 is 1.15 bits per heavy atom. The van der Waals surface area contributed by atoms with Crippen LogP contribution in [0.3, 0.4) is 0 Å². The minimum absolute atomic E-state index is 0.590. The van der Waals surface area contributed by atoms with E-state index in [1.54, 1.807) is 0 Å². The largest absolute Gasteiger partial charge is 0.375 e. The Labute approximate surface area is 80.7 Å².